The van der Waals surface area contributed by atoms with Gasteiger partial charge in [0.1, 0.15) is 0 Å². The number of anilines is 1. The molecule has 2 heterocycles. The predicted molar refractivity (Wildman–Crippen MR) is 98.4 cm³/mol. The summed E-state index contributed by atoms with van der Waals surface area (Å²) in [5.74, 6) is -0.651. The molecule has 25 heavy (non-hydrogen) atoms. The normalized spacial score (nSPS) is 10.7. The molecule has 0 radical (unpaired) electrons. The Morgan fingerprint density at radius 1 is 1.28 bits per heavy atom. The van der Waals surface area contributed by atoms with Crippen LogP contribution < -0.4 is 10.6 Å². The van der Waals surface area contributed by atoms with Crippen LogP contribution in [0.3, 0.4) is 0 Å². The number of halogens is 1. The van der Waals surface area contributed by atoms with Crippen molar-refractivity contribution < 1.29 is 9.59 Å². The molecule has 7 nitrogen and oxygen atoms in total. The van der Waals surface area contributed by atoms with Crippen molar-refractivity contribution in [2.75, 3.05) is 11.9 Å². The molecule has 8 heteroatoms. The van der Waals surface area contributed by atoms with Gasteiger partial charge in [0, 0.05) is 16.9 Å². The van der Waals surface area contributed by atoms with E-state index in [-0.39, 0.29) is 18.4 Å². The van der Waals surface area contributed by atoms with E-state index in [9.17, 15) is 9.59 Å². The van der Waals surface area contributed by atoms with Crippen LogP contribution >= 0.6 is 15.9 Å². The maximum absolute atomic E-state index is 12.1. The summed E-state index contributed by atoms with van der Waals surface area (Å²) in [6.45, 7) is 1.75. The smallest absolute Gasteiger partial charge is 0.252 e. The van der Waals surface area contributed by atoms with E-state index in [1.165, 1.54) is 0 Å². The Morgan fingerprint density at radius 3 is 2.80 bits per heavy atom. The number of amides is 2. The third-order valence-electron chi connectivity index (χ3n) is 3.67. The third-order valence-corrected chi connectivity index (χ3v) is 4.37. The first-order valence-corrected chi connectivity index (χ1v) is 8.37. The molecule has 3 rings (SSSR count). The molecule has 0 aliphatic carbocycles. The summed E-state index contributed by atoms with van der Waals surface area (Å²) in [6, 6.07) is 8.85. The van der Waals surface area contributed by atoms with Crippen LogP contribution in [0.25, 0.3) is 11.0 Å². The number of carbonyl (C=O) groups excluding carboxylic acids is 2. The van der Waals surface area contributed by atoms with Crippen LogP contribution in [0.15, 0.2) is 41.0 Å². The van der Waals surface area contributed by atoms with Gasteiger partial charge < -0.3 is 10.6 Å². The zero-order valence-electron chi connectivity index (χ0n) is 13.7. The second-order valence-electron chi connectivity index (χ2n) is 5.51. The predicted octanol–water partition coefficient (Wildman–Crippen LogP) is 2.41. The van der Waals surface area contributed by atoms with E-state index >= 15 is 0 Å². The van der Waals surface area contributed by atoms with Crippen molar-refractivity contribution in [2.45, 2.75) is 6.92 Å². The molecular weight excluding hydrogens is 386 g/mol. The number of fused-ring (bicyclic) bond motifs is 1. The monoisotopic (exact) mass is 401 g/mol. The van der Waals surface area contributed by atoms with Gasteiger partial charge in [0.05, 0.1) is 29.7 Å². The lowest BCUT2D eigenvalue weighted by molar-refractivity contribution is -0.115. The molecule has 0 saturated heterocycles. The number of benzene rings is 1. The highest BCUT2D eigenvalue weighted by molar-refractivity contribution is 9.10. The summed E-state index contributed by atoms with van der Waals surface area (Å²) in [7, 11) is 1.82. The fraction of sp³-hybridized carbons (Fsp3) is 0.176. The number of aryl methyl sites for hydroxylation is 2. The molecule has 0 spiro atoms. The lowest BCUT2D eigenvalue weighted by Gasteiger charge is -2.08. The van der Waals surface area contributed by atoms with Gasteiger partial charge in [-0.1, -0.05) is 12.1 Å². The summed E-state index contributed by atoms with van der Waals surface area (Å²) in [4.78, 5) is 28.5. The van der Waals surface area contributed by atoms with Crippen LogP contribution in [0.1, 0.15) is 16.1 Å². The zero-order valence-corrected chi connectivity index (χ0v) is 15.3. The maximum Gasteiger partial charge on any atom is 0.252 e. The summed E-state index contributed by atoms with van der Waals surface area (Å²) < 4.78 is 2.36. The Bertz CT molecular complexity index is 967. The van der Waals surface area contributed by atoms with Gasteiger partial charge in [-0.3, -0.25) is 14.3 Å². The highest BCUT2D eigenvalue weighted by Crippen LogP contribution is 2.19. The Labute approximate surface area is 152 Å². The molecule has 2 aromatic heterocycles. The number of rotatable bonds is 4. The van der Waals surface area contributed by atoms with Crippen molar-refractivity contribution in [3.8, 4) is 0 Å². The molecule has 0 aliphatic rings. The van der Waals surface area contributed by atoms with Crippen molar-refractivity contribution in [3.63, 3.8) is 0 Å². The molecular formula is C17H16BrN5O2. The van der Waals surface area contributed by atoms with Gasteiger partial charge in [0.15, 0.2) is 5.65 Å². The molecule has 3 aromatic rings. The van der Waals surface area contributed by atoms with Gasteiger partial charge in [0.25, 0.3) is 5.91 Å². The van der Waals surface area contributed by atoms with Crippen LogP contribution in [-0.2, 0) is 11.8 Å². The van der Waals surface area contributed by atoms with E-state index in [4.69, 9.17) is 0 Å². The summed E-state index contributed by atoms with van der Waals surface area (Å²) in [5.41, 5.74) is 2.62. The third kappa shape index (κ3) is 3.69. The number of carbonyl (C=O) groups is 2. The van der Waals surface area contributed by atoms with Gasteiger partial charge in [-0.15, -0.1) is 0 Å². The molecule has 128 valence electrons. The number of aromatic nitrogens is 3. The molecule has 0 unspecified atom stereocenters. The fourth-order valence-electron chi connectivity index (χ4n) is 2.48. The minimum Gasteiger partial charge on any atom is -0.343 e. The van der Waals surface area contributed by atoms with Gasteiger partial charge in [0.2, 0.25) is 5.91 Å². The zero-order chi connectivity index (χ0) is 18.0. The standard InChI is InChI=1S/C17H16BrN5O2/c1-10-13-7-11(8-19-16(13)23(2)22-10)21-15(24)9-20-17(25)12-5-3-4-6-14(12)18/h3-8H,9H2,1-2H3,(H,20,25)(H,21,24). The number of nitrogens with zero attached hydrogens (tertiary/aromatic N) is 3. The van der Waals surface area contributed by atoms with Gasteiger partial charge in [-0.05, 0) is 41.1 Å². The summed E-state index contributed by atoms with van der Waals surface area (Å²) in [5, 5.41) is 10.5. The molecule has 0 atom stereocenters. The largest absolute Gasteiger partial charge is 0.343 e. The highest BCUT2D eigenvalue weighted by Gasteiger charge is 2.12. The van der Waals surface area contributed by atoms with E-state index in [1.807, 2.05) is 26.1 Å². The van der Waals surface area contributed by atoms with E-state index in [0.717, 1.165) is 16.7 Å². The number of pyridine rings is 1. The van der Waals surface area contributed by atoms with Crippen molar-refractivity contribution in [1.29, 1.82) is 0 Å². The van der Waals surface area contributed by atoms with Crippen molar-refractivity contribution in [2.24, 2.45) is 7.05 Å². The van der Waals surface area contributed by atoms with Crippen LogP contribution in [-0.4, -0.2) is 33.1 Å². The van der Waals surface area contributed by atoms with E-state index < -0.39 is 0 Å². The second kappa shape index (κ2) is 7.02. The average molecular weight is 402 g/mol. The van der Waals surface area contributed by atoms with E-state index in [0.29, 0.717) is 15.7 Å². The van der Waals surface area contributed by atoms with Gasteiger partial charge in [-0.2, -0.15) is 5.10 Å². The first-order chi connectivity index (χ1) is 12.0. The quantitative estimate of drug-likeness (QED) is 0.702. The summed E-state index contributed by atoms with van der Waals surface area (Å²) in [6.07, 6.45) is 1.57. The Hall–Kier alpha value is -2.74. The lowest BCUT2D eigenvalue weighted by atomic mass is 10.2. The molecule has 0 bridgehead atoms. The molecule has 2 amide bonds. The second-order valence-corrected chi connectivity index (χ2v) is 6.37. The van der Waals surface area contributed by atoms with Crippen LogP contribution in [0.4, 0.5) is 5.69 Å². The Balaban J connectivity index is 1.64. The first-order valence-electron chi connectivity index (χ1n) is 7.57. The lowest BCUT2D eigenvalue weighted by Crippen LogP contribution is -2.33. The minimum atomic E-state index is -0.330. The number of hydrogen-bond acceptors (Lipinski definition) is 4. The minimum absolute atomic E-state index is 0.135. The highest BCUT2D eigenvalue weighted by atomic mass is 79.9. The number of hydrogen-bond donors (Lipinski definition) is 2. The van der Waals surface area contributed by atoms with Crippen LogP contribution in [0.5, 0.6) is 0 Å². The van der Waals surface area contributed by atoms with Crippen molar-refractivity contribution >= 4 is 44.5 Å². The van der Waals surface area contributed by atoms with Crippen LogP contribution in [0.2, 0.25) is 0 Å². The Kier molecular flexibility index (Phi) is 4.80. The molecule has 2 N–H and O–H groups in total. The molecule has 0 aliphatic heterocycles. The van der Waals surface area contributed by atoms with Gasteiger partial charge in [-0.25, -0.2) is 4.98 Å². The Morgan fingerprint density at radius 2 is 2.04 bits per heavy atom. The van der Waals surface area contributed by atoms with Crippen molar-refractivity contribution in [1.82, 2.24) is 20.1 Å². The van der Waals surface area contributed by atoms with E-state index in [2.05, 4.69) is 36.6 Å². The topological polar surface area (TPSA) is 88.9 Å². The summed E-state index contributed by atoms with van der Waals surface area (Å²) >= 11 is 3.31. The molecule has 0 fully saturated rings. The SMILES string of the molecule is Cc1nn(C)c2ncc(NC(=O)CNC(=O)c3ccccc3Br)cc12. The molecule has 0 saturated carbocycles. The number of nitrogens with one attached hydrogen (secondary N) is 2. The fourth-order valence-corrected chi connectivity index (χ4v) is 2.95. The van der Waals surface area contributed by atoms with E-state index in [1.54, 1.807) is 29.1 Å². The average Bonchev–Trinajstić information content (AvgIpc) is 2.87. The molecule has 1 aromatic carbocycles. The maximum atomic E-state index is 12.1. The van der Waals surface area contributed by atoms with Crippen LogP contribution in [0, 0.1) is 6.92 Å². The van der Waals surface area contributed by atoms with Crippen molar-refractivity contribution in [3.05, 3.63) is 52.3 Å². The van der Waals surface area contributed by atoms with Gasteiger partial charge >= 0.3 is 0 Å². The first kappa shape index (κ1) is 17.1.